The van der Waals surface area contributed by atoms with E-state index in [4.69, 9.17) is 4.74 Å². The van der Waals surface area contributed by atoms with Crippen LogP contribution in [0.2, 0.25) is 0 Å². The molecule has 1 heterocycles. The van der Waals surface area contributed by atoms with Crippen molar-refractivity contribution in [2.24, 2.45) is 5.92 Å². The molecule has 3 aromatic carbocycles. The molecular formula is C26H26N2O3. The maximum atomic E-state index is 13.1. The molecule has 1 N–H and O–H groups in total. The van der Waals surface area contributed by atoms with Crippen molar-refractivity contribution in [2.75, 3.05) is 25.5 Å². The average molecular weight is 415 g/mol. The number of ketones is 1. The van der Waals surface area contributed by atoms with E-state index in [2.05, 4.69) is 17.4 Å². The standard InChI is InChI=1S/C26H26N2O3/c1-31-24-11-5-10-23(17-24)27-26(30)28-16-6-9-22(18-28)25(29)21-14-12-20(13-15-21)19-7-3-2-4-8-19/h2-5,7-8,10-15,17,22H,6,9,16,18H2,1H3,(H,27,30). The number of carbonyl (C=O) groups is 2. The zero-order valence-electron chi connectivity index (χ0n) is 17.6. The molecule has 0 aliphatic carbocycles. The first-order valence-corrected chi connectivity index (χ1v) is 10.5. The quantitative estimate of drug-likeness (QED) is 0.562. The van der Waals surface area contributed by atoms with Gasteiger partial charge in [0, 0.05) is 36.3 Å². The molecule has 0 radical (unpaired) electrons. The molecule has 1 unspecified atom stereocenters. The lowest BCUT2D eigenvalue weighted by molar-refractivity contribution is 0.0851. The molecular weight excluding hydrogens is 388 g/mol. The van der Waals surface area contributed by atoms with Crippen molar-refractivity contribution in [2.45, 2.75) is 12.8 Å². The van der Waals surface area contributed by atoms with Crippen molar-refractivity contribution in [3.05, 3.63) is 84.4 Å². The van der Waals surface area contributed by atoms with E-state index in [9.17, 15) is 9.59 Å². The number of rotatable bonds is 5. The number of hydrogen-bond donors (Lipinski definition) is 1. The molecule has 4 rings (SSSR count). The van der Waals surface area contributed by atoms with Gasteiger partial charge in [0.1, 0.15) is 5.75 Å². The predicted molar refractivity (Wildman–Crippen MR) is 123 cm³/mol. The van der Waals surface area contributed by atoms with Crippen molar-refractivity contribution >= 4 is 17.5 Å². The van der Waals surface area contributed by atoms with Crippen molar-refractivity contribution in [3.63, 3.8) is 0 Å². The fourth-order valence-corrected chi connectivity index (χ4v) is 3.97. The third-order valence-corrected chi connectivity index (χ3v) is 5.68. The highest BCUT2D eigenvalue weighted by Crippen LogP contribution is 2.25. The lowest BCUT2D eigenvalue weighted by Gasteiger charge is -2.32. The number of carbonyl (C=O) groups excluding carboxylic acids is 2. The normalized spacial score (nSPS) is 15.9. The van der Waals surface area contributed by atoms with Gasteiger partial charge >= 0.3 is 6.03 Å². The van der Waals surface area contributed by atoms with Gasteiger partial charge in [0.15, 0.2) is 5.78 Å². The van der Waals surface area contributed by atoms with E-state index in [1.807, 2.05) is 60.7 Å². The van der Waals surface area contributed by atoms with Crippen LogP contribution in [-0.2, 0) is 0 Å². The van der Waals surface area contributed by atoms with E-state index in [0.29, 0.717) is 30.1 Å². The number of piperidine rings is 1. The van der Waals surface area contributed by atoms with E-state index in [0.717, 1.165) is 24.0 Å². The van der Waals surface area contributed by atoms with Crippen LogP contribution >= 0.6 is 0 Å². The maximum absolute atomic E-state index is 13.1. The fourth-order valence-electron chi connectivity index (χ4n) is 3.97. The van der Waals surface area contributed by atoms with Gasteiger partial charge in [-0.25, -0.2) is 4.79 Å². The summed E-state index contributed by atoms with van der Waals surface area (Å²) in [7, 11) is 1.59. The minimum absolute atomic E-state index is 0.0958. The van der Waals surface area contributed by atoms with Gasteiger partial charge in [0.05, 0.1) is 7.11 Å². The lowest BCUT2D eigenvalue weighted by atomic mass is 9.89. The lowest BCUT2D eigenvalue weighted by Crippen LogP contribution is -2.44. The molecule has 1 atom stereocenters. The van der Waals surface area contributed by atoms with Crippen molar-refractivity contribution in [1.29, 1.82) is 0 Å². The highest BCUT2D eigenvalue weighted by atomic mass is 16.5. The first-order chi connectivity index (χ1) is 15.1. The van der Waals surface area contributed by atoms with Gasteiger partial charge in [-0.3, -0.25) is 4.79 Å². The Hall–Kier alpha value is -3.60. The maximum Gasteiger partial charge on any atom is 0.321 e. The van der Waals surface area contributed by atoms with Crippen molar-refractivity contribution in [3.8, 4) is 16.9 Å². The van der Waals surface area contributed by atoms with Gasteiger partial charge in [-0.1, -0.05) is 60.7 Å². The van der Waals surface area contributed by atoms with Crippen molar-refractivity contribution < 1.29 is 14.3 Å². The predicted octanol–water partition coefficient (Wildman–Crippen LogP) is 5.49. The highest BCUT2D eigenvalue weighted by molar-refractivity contribution is 5.99. The Morgan fingerprint density at radius 1 is 0.935 bits per heavy atom. The van der Waals surface area contributed by atoms with Gasteiger partial charge in [-0.2, -0.15) is 0 Å². The van der Waals surface area contributed by atoms with Gasteiger partial charge in [0.25, 0.3) is 0 Å². The van der Waals surface area contributed by atoms with E-state index in [1.165, 1.54) is 0 Å². The number of amides is 2. The van der Waals surface area contributed by atoms with Crippen LogP contribution in [0.4, 0.5) is 10.5 Å². The van der Waals surface area contributed by atoms with Crippen LogP contribution in [0.1, 0.15) is 23.2 Å². The minimum atomic E-state index is -0.190. The third kappa shape index (κ3) is 4.94. The van der Waals surface area contributed by atoms with Gasteiger partial charge in [-0.15, -0.1) is 0 Å². The number of likely N-dealkylation sites (tertiary alicyclic amines) is 1. The fraction of sp³-hybridized carbons (Fsp3) is 0.231. The molecule has 1 fully saturated rings. The van der Waals surface area contributed by atoms with Crippen LogP contribution < -0.4 is 10.1 Å². The van der Waals surface area contributed by atoms with Crippen LogP contribution in [0.15, 0.2) is 78.9 Å². The van der Waals surface area contributed by atoms with Crippen LogP contribution in [0.3, 0.4) is 0 Å². The Labute approximate surface area is 182 Å². The summed E-state index contributed by atoms with van der Waals surface area (Å²) >= 11 is 0. The van der Waals surface area contributed by atoms with Crippen LogP contribution in [0.25, 0.3) is 11.1 Å². The van der Waals surface area contributed by atoms with Crippen LogP contribution in [0.5, 0.6) is 5.75 Å². The van der Waals surface area contributed by atoms with E-state index in [-0.39, 0.29) is 17.7 Å². The topological polar surface area (TPSA) is 58.6 Å². The van der Waals surface area contributed by atoms with Gasteiger partial charge < -0.3 is 15.0 Å². The second kappa shape index (κ2) is 9.47. The Morgan fingerprint density at radius 3 is 2.42 bits per heavy atom. The second-order valence-corrected chi connectivity index (χ2v) is 7.75. The number of hydrogen-bond acceptors (Lipinski definition) is 3. The smallest absolute Gasteiger partial charge is 0.321 e. The molecule has 3 aromatic rings. The number of benzene rings is 3. The number of ether oxygens (including phenoxy) is 1. The van der Waals surface area contributed by atoms with Crippen molar-refractivity contribution in [1.82, 2.24) is 4.90 Å². The summed E-state index contributed by atoms with van der Waals surface area (Å²) in [4.78, 5) is 27.5. The summed E-state index contributed by atoms with van der Waals surface area (Å²) in [5, 5.41) is 2.91. The molecule has 0 bridgehead atoms. The summed E-state index contributed by atoms with van der Waals surface area (Å²) in [5.41, 5.74) is 3.58. The molecule has 5 heteroatoms. The SMILES string of the molecule is COc1cccc(NC(=O)N2CCCC(C(=O)c3ccc(-c4ccccc4)cc3)C2)c1. The number of anilines is 1. The molecule has 158 valence electrons. The van der Waals surface area contributed by atoms with E-state index in [1.54, 1.807) is 18.1 Å². The van der Waals surface area contributed by atoms with Gasteiger partial charge in [0.2, 0.25) is 0 Å². The molecule has 0 saturated carbocycles. The van der Waals surface area contributed by atoms with E-state index >= 15 is 0 Å². The zero-order valence-corrected chi connectivity index (χ0v) is 17.6. The third-order valence-electron chi connectivity index (χ3n) is 5.68. The Kier molecular flexibility index (Phi) is 6.32. The number of nitrogens with one attached hydrogen (secondary N) is 1. The molecule has 5 nitrogen and oxygen atoms in total. The summed E-state index contributed by atoms with van der Waals surface area (Å²) in [6.07, 6.45) is 1.60. The first kappa shape index (κ1) is 20.7. The highest BCUT2D eigenvalue weighted by Gasteiger charge is 2.29. The number of Topliss-reactive ketones (excluding diaryl/α,β-unsaturated/α-hetero) is 1. The molecule has 0 aromatic heterocycles. The van der Waals surface area contributed by atoms with Crippen LogP contribution in [-0.4, -0.2) is 36.9 Å². The monoisotopic (exact) mass is 414 g/mol. The zero-order chi connectivity index (χ0) is 21.6. The molecule has 31 heavy (non-hydrogen) atoms. The van der Waals surface area contributed by atoms with Crippen LogP contribution in [0, 0.1) is 5.92 Å². The Balaban J connectivity index is 1.40. The minimum Gasteiger partial charge on any atom is -0.497 e. The largest absolute Gasteiger partial charge is 0.497 e. The first-order valence-electron chi connectivity index (χ1n) is 10.5. The molecule has 1 aliphatic rings. The average Bonchev–Trinajstić information content (AvgIpc) is 2.84. The number of urea groups is 1. The number of methoxy groups -OCH3 is 1. The second-order valence-electron chi connectivity index (χ2n) is 7.75. The number of nitrogens with zero attached hydrogens (tertiary/aromatic N) is 1. The molecule has 2 amide bonds. The Morgan fingerprint density at radius 2 is 1.68 bits per heavy atom. The summed E-state index contributed by atoms with van der Waals surface area (Å²) < 4.78 is 5.21. The summed E-state index contributed by atoms with van der Waals surface area (Å²) in [6.45, 7) is 1.07. The summed E-state index contributed by atoms with van der Waals surface area (Å²) in [5.74, 6) is 0.592. The summed E-state index contributed by atoms with van der Waals surface area (Å²) in [6, 6.07) is 24.9. The molecule has 1 aliphatic heterocycles. The van der Waals surface area contributed by atoms with E-state index < -0.39 is 0 Å². The van der Waals surface area contributed by atoms with Gasteiger partial charge in [-0.05, 0) is 36.1 Å². The molecule has 0 spiro atoms. The molecule has 1 saturated heterocycles. The Bertz CT molecular complexity index is 1050.